The molecule has 0 aromatic heterocycles. The zero-order valence-corrected chi connectivity index (χ0v) is 22.1. The molecule has 0 radical (unpaired) electrons. The average Bonchev–Trinajstić information content (AvgIpc) is 2.91. The highest BCUT2D eigenvalue weighted by atomic mass is 35.5. The lowest BCUT2D eigenvalue weighted by atomic mass is 10.1. The number of sulfonamides is 1. The van der Waals surface area contributed by atoms with Crippen LogP contribution in [0.1, 0.15) is 12.5 Å². The topological polar surface area (TPSA) is 96.0 Å². The molecule has 1 N–H and O–H groups in total. The van der Waals surface area contributed by atoms with Crippen molar-refractivity contribution in [2.24, 2.45) is 0 Å². The molecule has 0 aliphatic heterocycles. The number of likely N-dealkylation sites (N-methyl/N-ethyl adjacent to an activating group) is 1. The third-order valence-electron chi connectivity index (χ3n) is 5.70. The number of hydrogen-bond donors (Lipinski definition) is 1. The molecule has 37 heavy (non-hydrogen) atoms. The summed E-state index contributed by atoms with van der Waals surface area (Å²) in [6.07, 6.45) is 0. The molecule has 0 heterocycles. The maximum absolute atomic E-state index is 13.9. The second-order valence-corrected chi connectivity index (χ2v) is 10.4. The fraction of sp³-hybridized carbons (Fsp3) is 0.231. The van der Waals surface area contributed by atoms with Crippen LogP contribution < -0.4 is 14.4 Å². The lowest BCUT2D eigenvalue weighted by Gasteiger charge is -2.32. The van der Waals surface area contributed by atoms with Crippen LogP contribution in [-0.4, -0.2) is 51.9 Å². The number of nitrogens with one attached hydrogen (secondary N) is 1. The molecule has 3 aromatic carbocycles. The maximum Gasteiger partial charge on any atom is 0.264 e. The van der Waals surface area contributed by atoms with E-state index in [1.807, 2.05) is 0 Å². The van der Waals surface area contributed by atoms with Crippen molar-refractivity contribution in [1.82, 2.24) is 10.2 Å². The van der Waals surface area contributed by atoms with E-state index < -0.39 is 40.2 Å². The standard InChI is InChI=1S/C26H27ClFN3O5S/c1-18(26(33)29-2)30(16-19-8-7-9-21(14-19)36-3)25(32)17-31(20-12-13-24(28)23(27)15-20)37(34,35)22-10-5-4-6-11-22/h4-15,18H,16-17H2,1-3H3,(H,29,33). The highest BCUT2D eigenvalue weighted by molar-refractivity contribution is 7.92. The maximum atomic E-state index is 13.9. The Hall–Kier alpha value is -3.63. The van der Waals surface area contributed by atoms with Gasteiger partial charge in [0.05, 0.1) is 22.7 Å². The summed E-state index contributed by atoms with van der Waals surface area (Å²) in [4.78, 5) is 27.4. The summed E-state index contributed by atoms with van der Waals surface area (Å²) in [6.45, 7) is 0.889. The van der Waals surface area contributed by atoms with Gasteiger partial charge in [0.1, 0.15) is 24.2 Å². The molecule has 196 valence electrons. The van der Waals surface area contributed by atoms with Crippen molar-refractivity contribution in [1.29, 1.82) is 0 Å². The Morgan fingerprint density at radius 2 is 1.76 bits per heavy atom. The van der Waals surface area contributed by atoms with E-state index in [4.69, 9.17) is 16.3 Å². The molecular weight excluding hydrogens is 521 g/mol. The third-order valence-corrected chi connectivity index (χ3v) is 7.78. The molecule has 0 saturated heterocycles. The van der Waals surface area contributed by atoms with Crippen LogP contribution in [0.2, 0.25) is 5.02 Å². The van der Waals surface area contributed by atoms with Gasteiger partial charge in [-0.25, -0.2) is 12.8 Å². The zero-order valence-electron chi connectivity index (χ0n) is 20.5. The second kappa shape index (κ2) is 12.1. The molecule has 0 fully saturated rings. The Morgan fingerprint density at radius 3 is 2.38 bits per heavy atom. The van der Waals surface area contributed by atoms with Crippen LogP contribution >= 0.6 is 11.6 Å². The second-order valence-electron chi connectivity index (χ2n) is 8.09. The number of ether oxygens (including phenoxy) is 1. The normalized spacial score (nSPS) is 11.9. The van der Waals surface area contributed by atoms with E-state index >= 15 is 0 Å². The minimum atomic E-state index is -4.26. The Bertz CT molecular complexity index is 1370. The largest absolute Gasteiger partial charge is 0.497 e. The summed E-state index contributed by atoms with van der Waals surface area (Å²) in [5.74, 6) is -1.26. The molecule has 0 spiro atoms. The van der Waals surface area contributed by atoms with Gasteiger partial charge in [0.2, 0.25) is 11.8 Å². The molecule has 3 aromatic rings. The molecule has 2 amide bonds. The first-order valence-electron chi connectivity index (χ1n) is 11.2. The molecule has 0 saturated carbocycles. The van der Waals surface area contributed by atoms with E-state index in [0.717, 1.165) is 16.4 Å². The fourth-order valence-electron chi connectivity index (χ4n) is 3.65. The van der Waals surface area contributed by atoms with Gasteiger partial charge in [-0.15, -0.1) is 0 Å². The van der Waals surface area contributed by atoms with E-state index in [9.17, 15) is 22.4 Å². The molecule has 0 aliphatic carbocycles. The molecule has 11 heteroatoms. The Balaban J connectivity index is 2.05. The van der Waals surface area contributed by atoms with E-state index in [2.05, 4.69) is 5.32 Å². The zero-order chi connectivity index (χ0) is 27.2. The average molecular weight is 548 g/mol. The number of nitrogens with zero attached hydrogens (tertiary/aromatic N) is 2. The Labute approximate surface area is 220 Å². The summed E-state index contributed by atoms with van der Waals surface area (Å²) >= 11 is 5.94. The summed E-state index contributed by atoms with van der Waals surface area (Å²) in [5.41, 5.74) is 0.670. The molecule has 0 bridgehead atoms. The first-order chi connectivity index (χ1) is 17.6. The van der Waals surface area contributed by atoms with Gasteiger partial charge < -0.3 is 15.0 Å². The number of hydrogen-bond acceptors (Lipinski definition) is 5. The predicted molar refractivity (Wildman–Crippen MR) is 139 cm³/mol. The highest BCUT2D eigenvalue weighted by Crippen LogP contribution is 2.28. The van der Waals surface area contributed by atoms with Crippen LogP contribution in [0.4, 0.5) is 10.1 Å². The van der Waals surface area contributed by atoms with E-state index in [-0.39, 0.29) is 22.2 Å². The number of benzene rings is 3. The number of amides is 2. The minimum absolute atomic E-state index is 0.00229. The van der Waals surface area contributed by atoms with Gasteiger partial charge in [-0.3, -0.25) is 13.9 Å². The number of halogens is 2. The van der Waals surface area contributed by atoms with Crippen LogP contribution in [0.5, 0.6) is 5.75 Å². The van der Waals surface area contributed by atoms with Crippen molar-refractivity contribution in [3.05, 3.63) is 89.2 Å². The minimum Gasteiger partial charge on any atom is -0.497 e. The number of carbonyl (C=O) groups is 2. The van der Waals surface area contributed by atoms with E-state index in [1.54, 1.807) is 49.4 Å². The van der Waals surface area contributed by atoms with Gasteiger partial charge in [-0.1, -0.05) is 41.9 Å². The summed E-state index contributed by atoms with van der Waals surface area (Å²) in [6, 6.07) is 17.0. The first-order valence-corrected chi connectivity index (χ1v) is 13.1. The quantitative estimate of drug-likeness (QED) is 0.416. The molecule has 8 nitrogen and oxygen atoms in total. The highest BCUT2D eigenvalue weighted by Gasteiger charge is 2.32. The van der Waals surface area contributed by atoms with Gasteiger partial charge in [0.25, 0.3) is 10.0 Å². The number of rotatable bonds is 10. The molecule has 1 atom stereocenters. The van der Waals surface area contributed by atoms with Crippen molar-refractivity contribution < 1.29 is 27.1 Å². The van der Waals surface area contributed by atoms with Crippen molar-refractivity contribution in [3.63, 3.8) is 0 Å². The van der Waals surface area contributed by atoms with E-state index in [0.29, 0.717) is 11.3 Å². The Morgan fingerprint density at radius 1 is 1.05 bits per heavy atom. The smallest absolute Gasteiger partial charge is 0.264 e. The summed E-state index contributed by atoms with van der Waals surface area (Å²) in [7, 11) is -1.31. The molecule has 1 unspecified atom stereocenters. The van der Waals surface area contributed by atoms with Gasteiger partial charge in [-0.2, -0.15) is 0 Å². The monoisotopic (exact) mass is 547 g/mol. The number of methoxy groups -OCH3 is 1. The van der Waals surface area contributed by atoms with Gasteiger partial charge in [0, 0.05) is 13.6 Å². The first kappa shape index (κ1) is 27.9. The van der Waals surface area contributed by atoms with Crippen LogP contribution in [-0.2, 0) is 26.2 Å². The summed E-state index contributed by atoms with van der Waals surface area (Å²) < 4.78 is 47.2. The number of anilines is 1. The van der Waals surface area contributed by atoms with Crippen LogP contribution in [0, 0.1) is 5.82 Å². The van der Waals surface area contributed by atoms with Crippen molar-refractivity contribution >= 4 is 39.1 Å². The van der Waals surface area contributed by atoms with Crippen LogP contribution in [0.15, 0.2) is 77.7 Å². The lowest BCUT2D eigenvalue weighted by Crippen LogP contribution is -2.50. The SMILES string of the molecule is CNC(=O)C(C)N(Cc1cccc(OC)c1)C(=O)CN(c1ccc(F)c(Cl)c1)S(=O)(=O)c1ccccc1. The molecule has 3 rings (SSSR count). The summed E-state index contributed by atoms with van der Waals surface area (Å²) in [5, 5.41) is 2.21. The van der Waals surface area contributed by atoms with Crippen molar-refractivity contribution in [2.45, 2.75) is 24.4 Å². The van der Waals surface area contributed by atoms with Gasteiger partial charge >= 0.3 is 0 Å². The van der Waals surface area contributed by atoms with Crippen LogP contribution in [0.25, 0.3) is 0 Å². The molecular formula is C26H27ClFN3O5S. The predicted octanol–water partition coefficient (Wildman–Crippen LogP) is 3.85. The van der Waals surface area contributed by atoms with Gasteiger partial charge in [-0.05, 0) is 55.0 Å². The fourth-order valence-corrected chi connectivity index (χ4v) is 5.25. The third kappa shape index (κ3) is 6.58. The van der Waals surface area contributed by atoms with Crippen LogP contribution in [0.3, 0.4) is 0 Å². The number of carbonyl (C=O) groups excluding carboxylic acids is 2. The van der Waals surface area contributed by atoms with Gasteiger partial charge in [0.15, 0.2) is 0 Å². The Kier molecular flexibility index (Phi) is 9.12. The van der Waals surface area contributed by atoms with Crippen molar-refractivity contribution in [3.8, 4) is 5.75 Å². The van der Waals surface area contributed by atoms with E-state index in [1.165, 1.54) is 37.3 Å². The lowest BCUT2D eigenvalue weighted by molar-refractivity contribution is -0.139. The molecule has 0 aliphatic rings. The van der Waals surface area contributed by atoms with Crippen molar-refractivity contribution in [2.75, 3.05) is 25.0 Å².